The van der Waals surface area contributed by atoms with Gasteiger partial charge in [-0.05, 0) is 35.9 Å². The predicted octanol–water partition coefficient (Wildman–Crippen LogP) is 2.29. The normalized spacial score (nSPS) is 11.9. The van der Waals surface area contributed by atoms with Gasteiger partial charge in [-0.15, -0.1) is 0 Å². The molecular formula is C16H15F3N2O4S. The van der Waals surface area contributed by atoms with Gasteiger partial charge in [-0.3, -0.25) is 4.79 Å². The first-order valence-corrected chi connectivity index (χ1v) is 8.72. The fourth-order valence-corrected chi connectivity index (χ4v) is 2.72. The van der Waals surface area contributed by atoms with Crippen molar-refractivity contribution in [3.63, 3.8) is 0 Å². The maximum absolute atomic E-state index is 12.7. The second-order valence-electron chi connectivity index (χ2n) is 5.29. The van der Waals surface area contributed by atoms with Crippen LogP contribution in [0.15, 0.2) is 47.4 Å². The van der Waals surface area contributed by atoms with Crippen LogP contribution in [0.25, 0.3) is 0 Å². The Kier molecular flexibility index (Phi) is 5.57. The van der Waals surface area contributed by atoms with Crippen molar-refractivity contribution in [1.29, 1.82) is 0 Å². The number of benzene rings is 2. The van der Waals surface area contributed by atoms with Gasteiger partial charge in [0.25, 0.3) is 5.91 Å². The Morgan fingerprint density at radius 1 is 1.19 bits per heavy atom. The molecule has 2 rings (SSSR count). The Morgan fingerprint density at radius 3 is 2.46 bits per heavy atom. The van der Waals surface area contributed by atoms with Crippen LogP contribution >= 0.6 is 0 Å². The zero-order valence-electron chi connectivity index (χ0n) is 13.5. The van der Waals surface area contributed by atoms with E-state index in [-0.39, 0.29) is 28.3 Å². The van der Waals surface area contributed by atoms with Gasteiger partial charge >= 0.3 is 6.18 Å². The average Bonchev–Trinajstić information content (AvgIpc) is 2.57. The van der Waals surface area contributed by atoms with Gasteiger partial charge in [0.15, 0.2) is 0 Å². The number of amides is 1. The number of methoxy groups -OCH3 is 1. The number of hydrogen-bond acceptors (Lipinski definition) is 4. The summed E-state index contributed by atoms with van der Waals surface area (Å²) in [7, 11) is -2.75. The lowest BCUT2D eigenvalue weighted by atomic mass is 10.1. The molecule has 0 saturated carbocycles. The van der Waals surface area contributed by atoms with E-state index in [0.29, 0.717) is 0 Å². The molecule has 10 heteroatoms. The Bertz CT molecular complexity index is 927. The molecule has 0 radical (unpaired) electrons. The van der Waals surface area contributed by atoms with Crippen LogP contribution in [0.5, 0.6) is 5.75 Å². The molecule has 3 N–H and O–H groups in total. The van der Waals surface area contributed by atoms with E-state index in [1.165, 1.54) is 31.4 Å². The van der Waals surface area contributed by atoms with Crippen LogP contribution in [0, 0.1) is 0 Å². The summed E-state index contributed by atoms with van der Waals surface area (Å²) in [5.41, 5.74) is -0.709. The van der Waals surface area contributed by atoms with Crippen LogP contribution in [0.2, 0.25) is 0 Å². The Morgan fingerprint density at radius 2 is 1.88 bits per heavy atom. The van der Waals surface area contributed by atoms with Crippen molar-refractivity contribution in [2.75, 3.05) is 7.11 Å². The van der Waals surface area contributed by atoms with Crippen LogP contribution in [-0.4, -0.2) is 21.4 Å². The summed E-state index contributed by atoms with van der Waals surface area (Å²) in [6, 6.07) is 7.97. The highest BCUT2D eigenvalue weighted by Crippen LogP contribution is 2.29. The molecule has 0 spiro atoms. The number of nitrogens with two attached hydrogens (primary N) is 1. The van der Waals surface area contributed by atoms with Gasteiger partial charge in [0.1, 0.15) is 5.75 Å². The summed E-state index contributed by atoms with van der Waals surface area (Å²) in [4.78, 5) is 12.0. The third kappa shape index (κ3) is 4.73. The Labute approximate surface area is 147 Å². The minimum atomic E-state index is -4.49. The Hall–Kier alpha value is -2.59. The van der Waals surface area contributed by atoms with Crippen LogP contribution < -0.4 is 15.2 Å². The molecule has 0 fully saturated rings. The third-order valence-electron chi connectivity index (χ3n) is 3.45. The SMILES string of the molecule is COc1ccc(S(N)(=O)=O)cc1C(=O)NCc1cccc(C(F)(F)F)c1. The second kappa shape index (κ2) is 7.34. The molecule has 2 aromatic carbocycles. The minimum absolute atomic E-state index is 0.0962. The number of carbonyl (C=O) groups excluding carboxylic acids is 1. The molecule has 1 amide bonds. The van der Waals surface area contributed by atoms with E-state index in [2.05, 4.69) is 5.32 Å². The summed E-state index contributed by atoms with van der Waals surface area (Å²) in [6.07, 6.45) is -4.49. The van der Waals surface area contributed by atoms with Crippen molar-refractivity contribution >= 4 is 15.9 Å². The molecule has 0 saturated heterocycles. The number of sulfonamides is 1. The van der Waals surface area contributed by atoms with Gasteiger partial charge < -0.3 is 10.1 Å². The van der Waals surface area contributed by atoms with Gasteiger partial charge in [-0.2, -0.15) is 13.2 Å². The van der Waals surface area contributed by atoms with E-state index in [1.807, 2.05) is 0 Å². The van der Waals surface area contributed by atoms with Crippen molar-refractivity contribution in [2.24, 2.45) is 5.14 Å². The molecule has 0 unspecified atom stereocenters. The van der Waals surface area contributed by atoms with E-state index >= 15 is 0 Å². The summed E-state index contributed by atoms with van der Waals surface area (Å²) < 4.78 is 66.0. The highest BCUT2D eigenvalue weighted by Gasteiger charge is 2.30. The van der Waals surface area contributed by atoms with E-state index in [4.69, 9.17) is 9.88 Å². The molecule has 0 heterocycles. The lowest BCUT2D eigenvalue weighted by Crippen LogP contribution is -2.24. The molecule has 26 heavy (non-hydrogen) atoms. The molecule has 0 atom stereocenters. The number of rotatable bonds is 5. The maximum atomic E-state index is 12.7. The first kappa shape index (κ1) is 19.7. The molecule has 2 aromatic rings. The summed E-state index contributed by atoms with van der Waals surface area (Å²) in [5, 5.41) is 7.46. The molecule has 0 bridgehead atoms. The molecule has 140 valence electrons. The summed E-state index contributed by atoms with van der Waals surface area (Å²) in [5.74, 6) is -0.622. The molecular weight excluding hydrogens is 373 g/mol. The van der Waals surface area contributed by atoms with Crippen molar-refractivity contribution in [1.82, 2.24) is 5.32 Å². The predicted molar refractivity (Wildman–Crippen MR) is 87.0 cm³/mol. The molecule has 0 aromatic heterocycles. The lowest BCUT2D eigenvalue weighted by Gasteiger charge is -2.12. The highest BCUT2D eigenvalue weighted by molar-refractivity contribution is 7.89. The van der Waals surface area contributed by atoms with Gasteiger partial charge in [0.2, 0.25) is 10.0 Å². The first-order chi connectivity index (χ1) is 12.0. The van der Waals surface area contributed by atoms with Crippen LogP contribution in [0.3, 0.4) is 0 Å². The molecule has 6 nitrogen and oxygen atoms in total. The third-order valence-corrected chi connectivity index (χ3v) is 4.36. The van der Waals surface area contributed by atoms with Gasteiger partial charge in [0, 0.05) is 6.54 Å². The maximum Gasteiger partial charge on any atom is 0.416 e. The van der Waals surface area contributed by atoms with Gasteiger partial charge in [0.05, 0.1) is 23.1 Å². The molecule has 0 aliphatic carbocycles. The van der Waals surface area contributed by atoms with E-state index in [1.54, 1.807) is 0 Å². The zero-order chi connectivity index (χ0) is 19.5. The monoisotopic (exact) mass is 388 g/mol. The second-order valence-corrected chi connectivity index (χ2v) is 6.85. The topological polar surface area (TPSA) is 98.5 Å². The standard InChI is InChI=1S/C16H15F3N2O4S/c1-25-14-6-5-12(26(20,23)24)8-13(14)15(22)21-9-10-3-2-4-11(7-10)16(17,18)19/h2-8H,9H2,1H3,(H,21,22)(H2,20,23,24). The minimum Gasteiger partial charge on any atom is -0.496 e. The first-order valence-electron chi connectivity index (χ1n) is 7.17. The molecule has 0 aliphatic heterocycles. The van der Waals surface area contributed by atoms with Gasteiger partial charge in [-0.25, -0.2) is 13.6 Å². The number of alkyl halides is 3. The van der Waals surface area contributed by atoms with Crippen molar-refractivity contribution in [3.05, 3.63) is 59.2 Å². The number of hydrogen-bond donors (Lipinski definition) is 2. The van der Waals surface area contributed by atoms with Crippen LogP contribution in [-0.2, 0) is 22.7 Å². The highest BCUT2D eigenvalue weighted by atomic mass is 32.2. The lowest BCUT2D eigenvalue weighted by molar-refractivity contribution is -0.137. The summed E-state index contributed by atoms with van der Waals surface area (Å²) >= 11 is 0. The van der Waals surface area contributed by atoms with E-state index in [0.717, 1.165) is 18.2 Å². The number of nitrogens with one attached hydrogen (secondary N) is 1. The Balaban J connectivity index is 2.23. The van der Waals surface area contributed by atoms with Crippen LogP contribution in [0.1, 0.15) is 21.5 Å². The van der Waals surface area contributed by atoms with E-state index in [9.17, 15) is 26.4 Å². The van der Waals surface area contributed by atoms with Crippen molar-refractivity contribution in [3.8, 4) is 5.75 Å². The smallest absolute Gasteiger partial charge is 0.416 e. The average molecular weight is 388 g/mol. The van der Waals surface area contributed by atoms with Gasteiger partial charge in [-0.1, -0.05) is 12.1 Å². The number of halogens is 3. The molecule has 0 aliphatic rings. The van der Waals surface area contributed by atoms with Crippen LogP contribution in [0.4, 0.5) is 13.2 Å². The fourth-order valence-electron chi connectivity index (χ4n) is 2.18. The largest absolute Gasteiger partial charge is 0.496 e. The number of carbonyl (C=O) groups is 1. The van der Waals surface area contributed by atoms with Crippen molar-refractivity contribution < 1.29 is 31.1 Å². The quantitative estimate of drug-likeness (QED) is 0.821. The van der Waals surface area contributed by atoms with E-state index < -0.39 is 27.7 Å². The number of ether oxygens (including phenoxy) is 1. The number of primary sulfonamides is 1. The summed E-state index contributed by atoms with van der Waals surface area (Å²) in [6.45, 7) is -0.189. The van der Waals surface area contributed by atoms with Crippen molar-refractivity contribution in [2.45, 2.75) is 17.6 Å². The fraction of sp³-hybridized carbons (Fsp3) is 0.188. The zero-order valence-corrected chi connectivity index (χ0v) is 14.3.